The summed E-state index contributed by atoms with van der Waals surface area (Å²) in [7, 11) is -4.18. The topological polar surface area (TPSA) is 73.9 Å². The van der Waals surface area contributed by atoms with Gasteiger partial charge in [0, 0.05) is 6.29 Å². The monoisotopic (exact) mass is 363 g/mol. The SMILES string of the molecule is CCOP(=O)(OCC)C(NCP(C)(C)=O)c1ccc(OC)cc1. The van der Waals surface area contributed by atoms with Crippen molar-refractivity contribution in [3.63, 3.8) is 0 Å². The molecule has 0 amide bonds. The standard InChI is InChI=1S/C15H27NO5P2/c1-6-20-23(18,21-7-2)15(16-12-22(4,5)17)13-8-10-14(19-3)11-9-13/h8-11,15-16H,6-7,12H2,1-5H3. The lowest BCUT2D eigenvalue weighted by Crippen LogP contribution is -2.24. The van der Waals surface area contributed by atoms with Crippen LogP contribution in [0.3, 0.4) is 0 Å². The molecule has 1 rings (SSSR count). The van der Waals surface area contributed by atoms with Crippen molar-refractivity contribution in [2.45, 2.75) is 19.6 Å². The second kappa shape index (κ2) is 9.00. The van der Waals surface area contributed by atoms with E-state index in [0.717, 1.165) is 5.56 Å². The first-order valence-electron chi connectivity index (χ1n) is 7.56. The van der Waals surface area contributed by atoms with Crippen LogP contribution in [0.25, 0.3) is 0 Å². The average molecular weight is 363 g/mol. The summed E-state index contributed by atoms with van der Waals surface area (Å²) >= 11 is 0. The van der Waals surface area contributed by atoms with Crippen LogP contribution >= 0.6 is 14.7 Å². The van der Waals surface area contributed by atoms with E-state index in [-0.39, 0.29) is 19.5 Å². The Morgan fingerprint density at radius 3 is 1.96 bits per heavy atom. The summed E-state index contributed by atoms with van der Waals surface area (Å²) in [6, 6.07) is 7.17. The molecule has 1 aromatic rings. The van der Waals surface area contributed by atoms with E-state index in [4.69, 9.17) is 13.8 Å². The van der Waals surface area contributed by atoms with Crippen molar-refractivity contribution < 1.29 is 22.9 Å². The van der Waals surface area contributed by atoms with Gasteiger partial charge in [-0.3, -0.25) is 9.88 Å². The first kappa shape index (κ1) is 20.4. The molecule has 0 radical (unpaired) electrons. The van der Waals surface area contributed by atoms with Gasteiger partial charge in [-0.1, -0.05) is 12.1 Å². The number of methoxy groups -OCH3 is 1. The second-order valence-corrected chi connectivity index (χ2v) is 11.1. The van der Waals surface area contributed by atoms with E-state index in [0.29, 0.717) is 5.75 Å². The molecule has 0 aliphatic rings. The molecule has 1 aromatic carbocycles. The van der Waals surface area contributed by atoms with Crippen LogP contribution in [0.1, 0.15) is 25.2 Å². The molecule has 0 fully saturated rings. The maximum absolute atomic E-state index is 13.2. The van der Waals surface area contributed by atoms with Gasteiger partial charge in [0.25, 0.3) is 0 Å². The van der Waals surface area contributed by atoms with Gasteiger partial charge in [0.2, 0.25) is 0 Å². The molecule has 0 aromatic heterocycles. The Hall–Kier alpha value is -0.640. The summed E-state index contributed by atoms with van der Waals surface area (Å²) in [4.78, 5) is 0. The molecule has 0 spiro atoms. The van der Waals surface area contributed by atoms with E-state index in [1.165, 1.54) is 0 Å². The highest BCUT2D eigenvalue weighted by molar-refractivity contribution is 7.62. The summed E-state index contributed by atoms with van der Waals surface area (Å²) in [6.45, 7) is 7.42. The number of hydrogen-bond acceptors (Lipinski definition) is 6. The van der Waals surface area contributed by atoms with Gasteiger partial charge < -0.3 is 18.3 Å². The summed E-state index contributed by atoms with van der Waals surface area (Å²) in [5.74, 6) is 0.0216. The summed E-state index contributed by atoms with van der Waals surface area (Å²) in [5.41, 5.74) is 0.740. The minimum absolute atomic E-state index is 0.244. The van der Waals surface area contributed by atoms with Crippen molar-refractivity contribution in [2.24, 2.45) is 0 Å². The smallest absolute Gasteiger partial charge is 0.351 e. The highest BCUT2D eigenvalue weighted by Gasteiger charge is 2.37. The molecule has 23 heavy (non-hydrogen) atoms. The number of hydrogen-bond donors (Lipinski definition) is 1. The number of ether oxygens (including phenoxy) is 1. The lowest BCUT2D eigenvalue weighted by Gasteiger charge is -2.28. The quantitative estimate of drug-likeness (QED) is 0.630. The fourth-order valence-electron chi connectivity index (χ4n) is 2.05. The van der Waals surface area contributed by atoms with Crippen LogP contribution in [0.4, 0.5) is 0 Å². The largest absolute Gasteiger partial charge is 0.497 e. The zero-order valence-corrected chi connectivity index (χ0v) is 16.2. The van der Waals surface area contributed by atoms with E-state index in [1.54, 1.807) is 58.6 Å². The van der Waals surface area contributed by atoms with Gasteiger partial charge in [-0.15, -0.1) is 0 Å². The van der Waals surface area contributed by atoms with E-state index >= 15 is 0 Å². The molecule has 0 heterocycles. The van der Waals surface area contributed by atoms with Gasteiger partial charge in [-0.05, 0) is 44.9 Å². The Labute approximate surface area is 138 Å². The predicted octanol–water partition coefficient (Wildman–Crippen LogP) is 4.13. The number of benzene rings is 1. The van der Waals surface area contributed by atoms with Crippen molar-refractivity contribution in [3.8, 4) is 5.75 Å². The fraction of sp³-hybridized carbons (Fsp3) is 0.600. The maximum Gasteiger partial charge on any atom is 0.351 e. The van der Waals surface area contributed by atoms with Gasteiger partial charge >= 0.3 is 7.60 Å². The van der Waals surface area contributed by atoms with Crippen LogP contribution in [0.2, 0.25) is 0 Å². The van der Waals surface area contributed by atoms with Gasteiger partial charge in [0.15, 0.2) is 0 Å². The molecule has 0 aliphatic carbocycles. The van der Waals surface area contributed by atoms with E-state index < -0.39 is 20.5 Å². The van der Waals surface area contributed by atoms with Crippen LogP contribution in [-0.2, 0) is 18.2 Å². The van der Waals surface area contributed by atoms with E-state index in [1.807, 2.05) is 0 Å². The molecule has 0 aliphatic heterocycles. The number of rotatable bonds is 10. The minimum atomic E-state index is -3.43. The summed E-state index contributed by atoms with van der Waals surface area (Å²) in [6.07, 6.45) is 0.244. The Morgan fingerprint density at radius 2 is 1.57 bits per heavy atom. The summed E-state index contributed by atoms with van der Waals surface area (Å²) in [5, 5.41) is 3.11. The Morgan fingerprint density at radius 1 is 1.04 bits per heavy atom. The Kier molecular flexibility index (Phi) is 7.99. The molecular formula is C15H27NO5P2. The van der Waals surface area contributed by atoms with Gasteiger partial charge in [0.05, 0.1) is 27.5 Å². The molecule has 0 saturated heterocycles. The summed E-state index contributed by atoms with van der Waals surface area (Å²) < 4.78 is 41.3. The lowest BCUT2D eigenvalue weighted by atomic mass is 10.2. The Bertz CT molecular complexity index is 560. The zero-order valence-electron chi connectivity index (χ0n) is 14.4. The third-order valence-electron chi connectivity index (χ3n) is 3.03. The van der Waals surface area contributed by atoms with Crippen molar-refractivity contribution in [2.75, 3.05) is 39.9 Å². The van der Waals surface area contributed by atoms with Crippen molar-refractivity contribution in [3.05, 3.63) is 29.8 Å². The van der Waals surface area contributed by atoms with Crippen molar-refractivity contribution in [1.29, 1.82) is 0 Å². The first-order valence-corrected chi connectivity index (χ1v) is 12.0. The molecule has 6 nitrogen and oxygen atoms in total. The molecule has 0 bridgehead atoms. The lowest BCUT2D eigenvalue weighted by molar-refractivity contribution is 0.208. The van der Waals surface area contributed by atoms with E-state index in [9.17, 15) is 9.13 Å². The maximum atomic E-state index is 13.2. The molecule has 132 valence electrons. The molecule has 1 atom stereocenters. The molecule has 8 heteroatoms. The predicted molar refractivity (Wildman–Crippen MR) is 94.1 cm³/mol. The van der Waals surface area contributed by atoms with Crippen LogP contribution in [0.5, 0.6) is 5.75 Å². The highest BCUT2D eigenvalue weighted by Crippen LogP contribution is 2.60. The minimum Gasteiger partial charge on any atom is -0.497 e. The third kappa shape index (κ3) is 6.40. The van der Waals surface area contributed by atoms with Crippen molar-refractivity contribution >= 4 is 14.7 Å². The zero-order chi connectivity index (χ0) is 17.5. The van der Waals surface area contributed by atoms with Gasteiger partial charge in [0.1, 0.15) is 11.5 Å². The van der Waals surface area contributed by atoms with E-state index in [2.05, 4.69) is 5.32 Å². The normalized spacial score (nSPS) is 13.8. The Balaban J connectivity index is 3.17. The average Bonchev–Trinajstić information content (AvgIpc) is 2.47. The van der Waals surface area contributed by atoms with Crippen LogP contribution in [0.15, 0.2) is 24.3 Å². The highest BCUT2D eigenvalue weighted by atomic mass is 31.2. The number of nitrogens with one attached hydrogen (secondary N) is 1. The van der Waals surface area contributed by atoms with Crippen molar-refractivity contribution in [1.82, 2.24) is 5.32 Å². The molecule has 1 unspecified atom stereocenters. The first-order chi connectivity index (χ1) is 10.8. The van der Waals surface area contributed by atoms with Crippen LogP contribution < -0.4 is 10.1 Å². The second-order valence-electron chi connectivity index (χ2n) is 5.49. The van der Waals surface area contributed by atoms with Gasteiger partial charge in [-0.2, -0.15) is 0 Å². The van der Waals surface area contributed by atoms with Crippen LogP contribution in [0, 0.1) is 0 Å². The molecule has 1 N–H and O–H groups in total. The molecule has 0 saturated carbocycles. The third-order valence-corrected chi connectivity index (χ3v) is 6.32. The molecular weight excluding hydrogens is 336 g/mol. The van der Waals surface area contributed by atoms with Crippen LogP contribution in [-0.4, -0.2) is 39.9 Å². The van der Waals surface area contributed by atoms with Gasteiger partial charge in [-0.25, -0.2) is 0 Å². The fourth-order valence-corrected chi connectivity index (χ4v) is 4.76.